The number of methoxy groups -OCH3 is 2. The number of hydrogen-bond donors (Lipinski definition) is 1. The minimum absolute atomic E-state index is 0.309. The fraction of sp³-hybridized carbons (Fsp3) is 0.647. The highest BCUT2D eigenvalue weighted by Crippen LogP contribution is 2.40. The van der Waals surface area contributed by atoms with Crippen molar-refractivity contribution in [2.24, 2.45) is 0 Å². The van der Waals surface area contributed by atoms with Crippen LogP contribution in [0.25, 0.3) is 0 Å². The van der Waals surface area contributed by atoms with Crippen LogP contribution in [0.2, 0.25) is 0 Å². The van der Waals surface area contributed by atoms with Crippen LogP contribution in [0.15, 0.2) is 16.6 Å². The molecule has 1 unspecified atom stereocenters. The maximum absolute atomic E-state index is 5.58. The van der Waals surface area contributed by atoms with E-state index >= 15 is 0 Å². The Balaban J connectivity index is 2.78. The molecule has 0 aromatic heterocycles. The van der Waals surface area contributed by atoms with E-state index in [1.807, 2.05) is 13.1 Å². The van der Waals surface area contributed by atoms with Crippen LogP contribution in [0.5, 0.6) is 11.5 Å². The quantitative estimate of drug-likeness (QED) is 0.591. The molecule has 3 nitrogen and oxygen atoms in total. The lowest BCUT2D eigenvalue weighted by Gasteiger charge is -2.21. The maximum atomic E-state index is 5.58. The number of rotatable bonds is 10. The fourth-order valence-electron chi connectivity index (χ4n) is 2.60. The predicted octanol–water partition coefficient (Wildman–Crippen LogP) is 5.09. The molecular formula is C17H28BrNO2. The Labute approximate surface area is 137 Å². The van der Waals surface area contributed by atoms with Gasteiger partial charge in [-0.1, -0.05) is 39.0 Å². The highest BCUT2D eigenvalue weighted by atomic mass is 79.9. The van der Waals surface area contributed by atoms with E-state index in [1.54, 1.807) is 14.2 Å². The van der Waals surface area contributed by atoms with Gasteiger partial charge in [-0.15, -0.1) is 0 Å². The van der Waals surface area contributed by atoms with Crippen molar-refractivity contribution in [2.75, 3.05) is 21.3 Å². The molecule has 120 valence electrons. The van der Waals surface area contributed by atoms with Gasteiger partial charge in [0.2, 0.25) is 0 Å². The third-order valence-corrected chi connectivity index (χ3v) is 4.59. The van der Waals surface area contributed by atoms with Crippen LogP contribution in [-0.4, -0.2) is 21.3 Å². The molecule has 0 saturated heterocycles. The number of ether oxygens (including phenoxy) is 2. The Morgan fingerprint density at radius 3 is 2.38 bits per heavy atom. The highest BCUT2D eigenvalue weighted by molar-refractivity contribution is 9.10. The second-order valence-corrected chi connectivity index (χ2v) is 6.04. The molecule has 0 aliphatic heterocycles. The zero-order valence-corrected chi connectivity index (χ0v) is 15.3. The molecule has 0 radical (unpaired) electrons. The van der Waals surface area contributed by atoms with E-state index in [2.05, 4.69) is 34.2 Å². The molecular weight excluding hydrogens is 330 g/mol. The second kappa shape index (κ2) is 10.1. The van der Waals surface area contributed by atoms with Crippen molar-refractivity contribution in [2.45, 2.75) is 51.5 Å². The zero-order chi connectivity index (χ0) is 15.7. The van der Waals surface area contributed by atoms with Crippen molar-refractivity contribution in [1.82, 2.24) is 5.32 Å². The molecule has 1 aromatic rings. The van der Waals surface area contributed by atoms with Gasteiger partial charge in [-0.2, -0.15) is 0 Å². The summed E-state index contributed by atoms with van der Waals surface area (Å²) in [5.41, 5.74) is 1.18. The third-order valence-electron chi connectivity index (χ3n) is 3.84. The molecule has 0 aliphatic rings. The third kappa shape index (κ3) is 5.19. The Morgan fingerprint density at radius 2 is 1.81 bits per heavy atom. The van der Waals surface area contributed by atoms with E-state index in [4.69, 9.17) is 9.47 Å². The molecule has 0 fully saturated rings. The standard InChI is InChI=1S/C17H28BrNO2/c1-5-6-7-8-9-10-14(19-2)13-11-12-15(20-3)16(18)17(13)21-4/h11-12,14,19H,5-10H2,1-4H3. The summed E-state index contributed by atoms with van der Waals surface area (Å²) in [6.45, 7) is 2.25. The summed E-state index contributed by atoms with van der Waals surface area (Å²) in [5.74, 6) is 1.66. The number of benzene rings is 1. The molecule has 1 atom stereocenters. The van der Waals surface area contributed by atoms with Crippen molar-refractivity contribution in [3.8, 4) is 11.5 Å². The Morgan fingerprint density at radius 1 is 1.10 bits per heavy atom. The molecule has 1 N–H and O–H groups in total. The predicted molar refractivity (Wildman–Crippen MR) is 92.4 cm³/mol. The average Bonchev–Trinajstić information content (AvgIpc) is 2.51. The van der Waals surface area contributed by atoms with E-state index < -0.39 is 0 Å². The number of nitrogens with one attached hydrogen (secondary N) is 1. The lowest BCUT2D eigenvalue weighted by Crippen LogP contribution is -2.17. The normalized spacial score (nSPS) is 12.2. The largest absolute Gasteiger partial charge is 0.495 e. The lowest BCUT2D eigenvalue weighted by atomic mass is 9.99. The topological polar surface area (TPSA) is 30.5 Å². The van der Waals surface area contributed by atoms with Crippen LogP contribution in [0, 0.1) is 0 Å². The van der Waals surface area contributed by atoms with Gasteiger partial charge in [0.25, 0.3) is 0 Å². The van der Waals surface area contributed by atoms with Crippen LogP contribution in [0.3, 0.4) is 0 Å². The average molecular weight is 358 g/mol. The SMILES string of the molecule is CCCCCCCC(NC)c1ccc(OC)c(Br)c1OC. The first kappa shape index (κ1) is 18.3. The minimum atomic E-state index is 0.309. The van der Waals surface area contributed by atoms with Gasteiger partial charge in [0.15, 0.2) is 0 Å². The van der Waals surface area contributed by atoms with E-state index in [-0.39, 0.29) is 0 Å². The maximum Gasteiger partial charge on any atom is 0.141 e. The van der Waals surface area contributed by atoms with E-state index in [1.165, 1.54) is 37.7 Å². The van der Waals surface area contributed by atoms with Crippen molar-refractivity contribution >= 4 is 15.9 Å². The van der Waals surface area contributed by atoms with Gasteiger partial charge in [-0.25, -0.2) is 0 Å². The van der Waals surface area contributed by atoms with Crippen LogP contribution in [0.1, 0.15) is 57.1 Å². The molecule has 4 heteroatoms. The highest BCUT2D eigenvalue weighted by Gasteiger charge is 2.19. The molecule has 0 saturated carbocycles. The van der Waals surface area contributed by atoms with E-state index in [0.29, 0.717) is 6.04 Å². The van der Waals surface area contributed by atoms with Crippen molar-refractivity contribution < 1.29 is 9.47 Å². The summed E-state index contributed by atoms with van der Waals surface area (Å²) in [5, 5.41) is 3.41. The number of unbranched alkanes of at least 4 members (excludes halogenated alkanes) is 4. The first-order valence-corrected chi connectivity index (χ1v) is 8.56. The second-order valence-electron chi connectivity index (χ2n) is 5.25. The Kier molecular flexibility index (Phi) is 8.77. The van der Waals surface area contributed by atoms with Gasteiger partial charge >= 0.3 is 0 Å². The van der Waals surface area contributed by atoms with Crippen LogP contribution in [0.4, 0.5) is 0 Å². The van der Waals surface area contributed by atoms with Gasteiger partial charge in [0.05, 0.1) is 14.2 Å². The summed E-state index contributed by atoms with van der Waals surface area (Å²) in [6.07, 6.45) is 7.60. The van der Waals surface area contributed by atoms with Crippen LogP contribution < -0.4 is 14.8 Å². The molecule has 0 spiro atoms. The molecule has 0 bridgehead atoms. The Hall–Kier alpha value is -0.740. The summed E-state index contributed by atoms with van der Waals surface area (Å²) >= 11 is 3.57. The molecule has 1 aromatic carbocycles. The molecule has 0 aliphatic carbocycles. The van der Waals surface area contributed by atoms with E-state index in [9.17, 15) is 0 Å². The molecule has 0 amide bonds. The Bertz CT molecular complexity index is 423. The number of hydrogen-bond acceptors (Lipinski definition) is 3. The molecule has 21 heavy (non-hydrogen) atoms. The first-order valence-electron chi connectivity index (χ1n) is 7.77. The summed E-state index contributed by atoms with van der Waals surface area (Å²) in [7, 11) is 5.38. The monoisotopic (exact) mass is 357 g/mol. The van der Waals surface area contributed by atoms with Gasteiger partial charge in [0, 0.05) is 11.6 Å². The number of halogens is 1. The smallest absolute Gasteiger partial charge is 0.141 e. The van der Waals surface area contributed by atoms with Gasteiger partial charge in [0.1, 0.15) is 16.0 Å². The lowest BCUT2D eigenvalue weighted by molar-refractivity contribution is 0.378. The summed E-state index contributed by atoms with van der Waals surface area (Å²) in [6, 6.07) is 4.39. The fourth-order valence-corrected chi connectivity index (χ4v) is 3.28. The van der Waals surface area contributed by atoms with Crippen LogP contribution >= 0.6 is 15.9 Å². The molecule has 0 heterocycles. The van der Waals surface area contributed by atoms with Gasteiger partial charge < -0.3 is 14.8 Å². The van der Waals surface area contributed by atoms with Crippen molar-refractivity contribution in [3.63, 3.8) is 0 Å². The minimum Gasteiger partial charge on any atom is -0.495 e. The van der Waals surface area contributed by atoms with Gasteiger partial charge in [-0.3, -0.25) is 0 Å². The van der Waals surface area contributed by atoms with Crippen molar-refractivity contribution in [1.29, 1.82) is 0 Å². The van der Waals surface area contributed by atoms with E-state index in [0.717, 1.165) is 22.4 Å². The van der Waals surface area contributed by atoms with Crippen molar-refractivity contribution in [3.05, 3.63) is 22.2 Å². The zero-order valence-electron chi connectivity index (χ0n) is 13.7. The summed E-state index contributed by atoms with van der Waals surface area (Å²) in [4.78, 5) is 0. The molecule has 1 rings (SSSR count). The summed E-state index contributed by atoms with van der Waals surface area (Å²) < 4.78 is 11.8. The van der Waals surface area contributed by atoms with Crippen LogP contribution in [-0.2, 0) is 0 Å². The first-order chi connectivity index (χ1) is 10.2. The van der Waals surface area contributed by atoms with Gasteiger partial charge in [-0.05, 0) is 41.5 Å².